The molecule has 1 aliphatic heterocycles. The number of para-hydroxylation sites is 2. The predicted molar refractivity (Wildman–Crippen MR) is 213 cm³/mol. The summed E-state index contributed by atoms with van der Waals surface area (Å²) in [6, 6.07) is 59.5. The van der Waals surface area contributed by atoms with E-state index in [1.165, 1.54) is 99.1 Å². The molecule has 9 aromatic rings. The molecule has 238 valence electrons. The molecule has 0 amide bonds. The third-order valence-electron chi connectivity index (χ3n) is 12.6. The van der Waals surface area contributed by atoms with E-state index in [4.69, 9.17) is 0 Å². The largest absolute Gasteiger partial charge is 0.309 e. The Bertz CT molecular complexity index is 2980. The van der Waals surface area contributed by atoms with Crippen molar-refractivity contribution in [1.29, 1.82) is 0 Å². The zero-order chi connectivity index (χ0) is 33.5. The van der Waals surface area contributed by atoms with Gasteiger partial charge in [-0.25, -0.2) is 0 Å². The molecule has 12 rings (SSSR count). The average molecular weight is 648 g/mol. The molecule has 1 spiro atoms. The molecule has 3 aliphatic rings. The molecule has 1 aromatic heterocycles. The van der Waals surface area contributed by atoms with Gasteiger partial charge in [0, 0.05) is 16.2 Å². The van der Waals surface area contributed by atoms with Gasteiger partial charge in [0.25, 0.3) is 0 Å². The van der Waals surface area contributed by atoms with E-state index in [9.17, 15) is 0 Å². The minimum Gasteiger partial charge on any atom is -0.309 e. The Balaban J connectivity index is 1.12. The lowest BCUT2D eigenvalue weighted by Gasteiger charge is -2.39. The second kappa shape index (κ2) is 9.53. The third-order valence-corrected chi connectivity index (χ3v) is 12.6. The van der Waals surface area contributed by atoms with E-state index in [1.807, 2.05) is 0 Å². The minimum absolute atomic E-state index is 0.152. The van der Waals surface area contributed by atoms with Crippen LogP contribution in [0.1, 0.15) is 45.9 Å². The van der Waals surface area contributed by atoms with Crippen molar-refractivity contribution in [3.05, 3.63) is 203 Å². The summed E-state index contributed by atoms with van der Waals surface area (Å²) in [5, 5.41) is 8.03. The number of hydrogen-bond acceptors (Lipinski definition) is 0. The first-order valence-electron chi connectivity index (χ1n) is 18.2. The summed E-state index contributed by atoms with van der Waals surface area (Å²) >= 11 is 0. The number of nitrogens with zero attached hydrogens (tertiary/aromatic N) is 1. The maximum atomic E-state index is 2.56. The quantitative estimate of drug-likeness (QED) is 0.156. The highest BCUT2D eigenvalue weighted by molar-refractivity contribution is 6.14. The zero-order valence-electron chi connectivity index (χ0n) is 28.3. The van der Waals surface area contributed by atoms with Gasteiger partial charge in [-0.1, -0.05) is 159 Å². The van der Waals surface area contributed by atoms with Gasteiger partial charge in [-0.15, -0.1) is 0 Å². The van der Waals surface area contributed by atoms with Crippen molar-refractivity contribution in [1.82, 2.24) is 4.57 Å². The average Bonchev–Trinajstić information content (AvgIpc) is 3.68. The minimum atomic E-state index is -0.387. The molecule has 1 heteroatoms. The molecule has 2 aliphatic carbocycles. The number of aromatic nitrogens is 1. The first-order chi connectivity index (χ1) is 25.2. The highest BCUT2D eigenvalue weighted by Crippen LogP contribution is 2.61. The number of rotatable bonds is 1. The third kappa shape index (κ3) is 3.28. The molecule has 0 saturated carbocycles. The molecule has 0 saturated heterocycles. The molecule has 0 radical (unpaired) electrons. The fraction of sp³-hybridized carbons (Fsp3) is 0.0800. The van der Waals surface area contributed by atoms with Gasteiger partial charge >= 0.3 is 0 Å². The summed E-state index contributed by atoms with van der Waals surface area (Å²) in [7, 11) is 0. The second-order valence-electron chi connectivity index (χ2n) is 15.0. The van der Waals surface area contributed by atoms with E-state index in [2.05, 4.69) is 181 Å². The van der Waals surface area contributed by atoms with Crippen LogP contribution in [-0.2, 0) is 17.3 Å². The smallest absolute Gasteiger partial charge is 0.0754 e. The van der Waals surface area contributed by atoms with Crippen molar-refractivity contribution in [2.24, 2.45) is 0 Å². The summed E-state index contributed by atoms with van der Waals surface area (Å²) in [5.41, 5.74) is 15.6. The van der Waals surface area contributed by atoms with Crippen LogP contribution in [0, 0.1) is 0 Å². The molecule has 1 nitrogen and oxygen atoms in total. The molecule has 51 heavy (non-hydrogen) atoms. The van der Waals surface area contributed by atoms with Crippen LogP contribution in [0.4, 0.5) is 0 Å². The lowest BCUT2D eigenvalue weighted by Crippen LogP contribution is -2.33. The van der Waals surface area contributed by atoms with Gasteiger partial charge in [0.1, 0.15) is 0 Å². The standard InChI is InChI=1S/C50H33N/c1-49(28-27-36-34-15-3-2-13-32(34)33-14-4-5-16-35(33)41(36)30-49)31-25-26-46-40(29-31)39-19-12-23-45-48(39)51(46)47-24-11-10-22-44(47)50(45)42-20-8-6-17-37(42)38-18-7-9-21-43(38)50/h2-29H,30H2,1H3. The van der Waals surface area contributed by atoms with Gasteiger partial charge < -0.3 is 4.57 Å². The summed E-state index contributed by atoms with van der Waals surface area (Å²) in [5.74, 6) is 0. The fourth-order valence-corrected chi connectivity index (χ4v) is 10.4. The number of benzene rings is 8. The van der Waals surface area contributed by atoms with Crippen molar-refractivity contribution in [2.75, 3.05) is 0 Å². The fourth-order valence-electron chi connectivity index (χ4n) is 10.4. The zero-order valence-corrected chi connectivity index (χ0v) is 28.3. The molecule has 0 bridgehead atoms. The molecular weight excluding hydrogens is 615 g/mol. The summed E-state index contributed by atoms with van der Waals surface area (Å²) in [4.78, 5) is 0. The number of allylic oxidation sites excluding steroid dienone is 1. The van der Waals surface area contributed by atoms with Crippen molar-refractivity contribution in [3.63, 3.8) is 0 Å². The van der Waals surface area contributed by atoms with Gasteiger partial charge in [0.15, 0.2) is 0 Å². The van der Waals surface area contributed by atoms with Gasteiger partial charge in [-0.3, -0.25) is 0 Å². The lowest BCUT2D eigenvalue weighted by molar-refractivity contribution is 0.591. The van der Waals surface area contributed by atoms with Crippen LogP contribution < -0.4 is 0 Å². The van der Waals surface area contributed by atoms with E-state index >= 15 is 0 Å². The van der Waals surface area contributed by atoms with E-state index in [0.717, 1.165) is 6.42 Å². The van der Waals surface area contributed by atoms with E-state index < -0.39 is 0 Å². The lowest BCUT2D eigenvalue weighted by atomic mass is 9.65. The summed E-state index contributed by atoms with van der Waals surface area (Å²) < 4.78 is 2.56. The van der Waals surface area contributed by atoms with Crippen LogP contribution in [0.3, 0.4) is 0 Å². The molecule has 0 N–H and O–H groups in total. The first kappa shape index (κ1) is 27.6. The summed E-state index contributed by atoms with van der Waals surface area (Å²) in [6.07, 6.45) is 5.83. The molecule has 0 fully saturated rings. The van der Waals surface area contributed by atoms with Crippen molar-refractivity contribution in [2.45, 2.75) is 24.2 Å². The molecule has 8 aromatic carbocycles. The summed E-state index contributed by atoms with van der Waals surface area (Å²) in [6.45, 7) is 2.43. The Hall–Kier alpha value is -6.18. The number of hydrogen-bond donors (Lipinski definition) is 0. The van der Waals surface area contributed by atoms with Crippen LogP contribution in [0.2, 0.25) is 0 Å². The molecule has 2 heterocycles. The molecule has 1 atom stereocenters. The second-order valence-corrected chi connectivity index (χ2v) is 15.0. The van der Waals surface area contributed by atoms with Gasteiger partial charge in [0.05, 0.1) is 22.1 Å². The maximum absolute atomic E-state index is 2.56. The first-order valence-corrected chi connectivity index (χ1v) is 18.2. The Morgan fingerprint density at radius 2 is 1.08 bits per heavy atom. The van der Waals surface area contributed by atoms with Crippen LogP contribution >= 0.6 is 0 Å². The maximum Gasteiger partial charge on any atom is 0.0754 e. The van der Waals surface area contributed by atoms with E-state index in [-0.39, 0.29) is 10.8 Å². The van der Waals surface area contributed by atoms with Crippen LogP contribution in [0.25, 0.3) is 66.2 Å². The van der Waals surface area contributed by atoms with E-state index in [1.54, 1.807) is 0 Å². The van der Waals surface area contributed by atoms with Crippen molar-refractivity contribution < 1.29 is 0 Å². The molecule has 1 unspecified atom stereocenters. The van der Waals surface area contributed by atoms with Gasteiger partial charge in [-0.2, -0.15) is 0 Å². The number of fused-ring (bicyclic) bond motifs is 18. The van der Waals surface area contributed by atoms with Crippen LogP contribution in [0.5, 0.6) is 0 Å². The van der Waals surface area contributed by atoms with Crippen molar-refractivity contribution >= 4 is 49.4 Å². The topological polar surface area (TPSA) is 4.93 Å². The Morgan fingerprint density at radius 3 is 1.84 bits per heavy atom. The Labute approximate surface area is 296 Å². The normalized spacial score (nSPS) is 17.6. The Kier molecular flexibility index (Phi) is 5.16. The Morgan fingerprint density at radius 1 is 0.490 bits per heavy atom. The highest BCUT2D eigenvalue weighted by atomic mass is 15.0. The van der Waals surface area contributed by atoms with Crippen LogP contribution in [0.15, 0.2) is 164 Å². The molecular formula is C50H33N. The van der Waals surface area contributed by atoms with E-state index in [0.29, 0.717) is 0 Å². The predicted octanol–water partition coefficient (Wildman–Crippen LogP) is 12.3. The SMILES string of the molecule is CC1(c2ccc3c(c2)c2cccc4c2n3-c2ccccc2C42c3ccccc3-c3ccccc32)C=Cc2c(c3ccccc3c3ccccc23)C1. The van der Waals surface area contributed by atoms with Gasteiger partial charge in [-0.05, 0) is 96.2 Å². The highest BCUT2D eigenvalue weighted by Gasteiger charge is 2.50. The van der Waals surface area contributed by atoms with Gasteiger partial charge in [0.2, 0.25) is 0 Å². The van der Waals surface area contributed by atoms with Crippen LogP contribution in [-0.4, -0.2) is 4.57 Å². The monoisotopic (exact) mass is 647 g/mol. The van der Waals surface area contributed by atoms with Crippen molar-refractivity contribution in [3.8, 4) is 16.8 Å².